The SMILES string of the molecule is Cc1cc2c(ncn2C(C)C)c(NCc2cnc(Cl)s2)c1C. The lowest BCUT2D eigenvalue weighted by Gasteiger charge is -2.14. The first-order chi connectivity index (χ1) is 10.5. The second-order valence-electron chi connectivity index (χ2n) is 5.74. The van der Waals surface area contributed by atoms with Crippen LogP contribution in [0.1, 0.15) is 35.9 Å². The minimum atomic E-state index is 0.389. The first kappa shape index (κ1) is 15.3. The number of nitrogens with one attached hydrogen (secondary N) is 1. The van der Waals surface area contributed by atoms with Crippen molar-refractivity contribution >= 4 is 39.7 Å². The van der Waals surface area contributed by atoms with Crippen molar-refractivity contribution in [1.82, 2.24) is 14.5 Å². The molecule has 0 atom stereocenters. The van der Waals surface area contributed by atoms with Gasteiger partial charge in [-0.3, -0.25) is 0 Å². The number of anilines is 1. The maximum absolute atomic E-state index is 5.90. The fraction of sp³-hybridized carbons (Fsp3) is 0.375. The third-order valence-electron chi connectivity index (χ3n) is 3.91. The fourth-order valence-electron chi connectivity index (χ4n) is 2.56. The summed E-state index contributed by atoms with van der Waals surface area (Å²) >= 11 is 7.39. The van der Waals surface area contributed by atoms with E-state index in [0.29, 0.717) is 17.1 Å². The number of hydrogen-bond donors (Lipinski definition) is 1. The van der Waals surface area contributed by atoms with Gasteiger partial charge < -0.3 is 9.88 Å². The van der Waals surface area contributed by atoms with Crippen LogP contribution in [0.25, 0.3) is 11.0 Å². The predicted octanol–water partition coefficient (Wildman–Crippen LogP) is 4.96. The normalized spacial score (nSPS) is 11.5. The minimum Gasteiger partial charge on any atom is -0.378 e. The summed E-state index contributed by atoms with van der Waals surface area (Å²) in [6.07, 6.45) is 3.73. The number of fused-ring (bicyclic) bond motifs is 1. The lowest BCUT2D eigenvalue weighted by atomic mass is 10.1. The first-order valence-electron chi connectivity index (χ1n) is 7.28. The number of halogens is 1. The van der Waals surface area contributed by atoms with Crippen LogP contribution >= 0.6 is 22.9 Å². The Morgan fingerprint density at radius 1 is 1.32 bits per heavy atom. The molecule has 6 heteroatoms. The number of benzene rings is 1. The van der Waals surface area contributed by atoms with Gasteiger partial charge in [-0.25, -0.2) is 9.97 Å². The second kappa shape index (κ2) is 5.89. The van der Waals surface area contributed by atoms with Gasteiger partial charge in [0.2, 0.25) is 0 Å². The van der Waals surface area contributed by atoms with Crippen molar-refractivity contribution in [3.63, 3.8) is 0 Å². The molecule has 0 bridgehead atoms. The molecule has 1 aromatic carbocycles. The maximum Gasteiger partial charge on any atom is 0.183 e. The highest BCUT2D eigenvalue weighted by Crippen LogP contribution is 2.31. The van der Waals surface area contributed by atoms with Crippen molar-refractivity contribution in [1.29, 1.82) is 0 Å². The Morgan fingerprint density at radius 3 is 2.73 bits per heavy atom. The average Bonchev–Trinajstić information content (AvgIpc) is 3.05. The Hall–Kier alpha value is -1.59. The van der Waals surface area contributed by atoms with Crippen LogP contribution in [0.15, 0.2) is 18.6 Å². The molecule has 0 unspecified atom stereocenters. The molecule has 0 aliphatic heterocycles. The van der Waals surface area contributed by atoms with E-state index in [4.69, 9.17) is 11.6 Å². The van der Waals surface area contributed by atoms with Crippen molar-refractivity contribution in [3.05, 3.63) is 39.1 Å². The van der Waals surface area contributed by atoms with Gasteiger partial charge in [-0.2, -0.15) is 0 Å². The molecular formula is C16H19ClN4S. The molecule has 0 radical (unpaired) electrons. The van der Waals surface area contributed by atoms with E-state index in [9.17, 15) is 0 Å². The summed E-state index contributed by atoms with van der Waals surface area (Å²) in [6, 6.07) is 2.60. The Labute approximate surface area is 139 Å². The summed E-state index contributed by atoms with van der Waals surface area (Å²) in [6.45, 7) is 9.32. The van der Waals surface area contributed by atoms with E-state index < -0.39 is 0 Å². The number of imidazole rings is 1. The molecule has 2 aromatic heterocycles. The van der Waals surface area contributed by atoms with Gasteiger partial charge in [0.1, 0.15) is 5.52 Å². The number of nitrogens with zero attached hydrogens (tertiary/aromatic N) is 3. The summed E-state index contributed by atoms with van der Waals surface area (Å²) < 4.78 is 2.78. The monoisotopic (exact) mass is 334 g/mol. The molecule has 0 saturated heterocycles. The van der Waals surface area contributed by atoms with E-state index in [0.717, 1.165) is 16.1 Å². The van der Waals surface area contributed by atoms with Crippen LogP contribution in [0, 0.1) is 13.8 Å². The highest BCUT2D eigenvalue weighted by molar-refractivity contribution is 7.15. The Morgan fingerprint density at radius 2 is 2.09 bits per heavy atom. The van der Waals surface area contributed by atoms with E-state index in [1.807, 2.05) is 12.5 Å². The number of rotatable bonds is 4. The van der Waals surface area contributed by atoms with Crippen LogP contribution in [0.4, 0.5) is 5.69 Å². The van der Waals surface area contributed by atoms with Gasteiger partial charge in [0.15, 0.2) is 4.47 Å². The quantitative estimate of drug-likeness (QED) is 0.733. The van der Waals surface area contributed by atoms with Crippen LogP contribution < -0.4 is 5.32 Å². The summed E-state index contributed by atoms with van der Waals surface area (Å²) in [5.74, 6) is 0. The number of aromatic nitrogens is 3. The van der Waals surface area contributed by atoms with Crippen LogP contribution in [0.2, 0.25) is 4.47 Å². The number of aryl methyl sites for hydroxylation is 1. The Bertz CT molecular complexity index is 819. The van der Waals surface area contributed by atoms with E-state index in [2.05, 4.69) is 53.6 Å². The van der Waals surface area contributed by atoms with Gasteiger partial charge in [-0.05, 0) is 44.9 Å². The molecule has 0 amide bonds. The summed E-state index contributed by atoms with van der Waals surface area (Å²) in [5.41, 5.74) is 5.78. The van der Waals surface area contributed by atoms with Crippen molar-refractivity contribution < 1.29 is 0 Å². The molecule has 4 nitrogen and oxygen atoms in total. The average molecular weight is 335 g/mol. The summed E-state index contributed by atoms with van der Waals surface area (Å²) in [5, 5.41) is 3.51. The van der Waals surface area contributed by atoms with Gasteiger partial charge >= 0.3 is 0 Å². The molecule has 0 aliphatic rings. The molecular weight excluding hydrogens is 316 g/mol. The molecule has 0 aliphatic carbocycles. The van der Waals surface area contributed by atoms with Gasteiger partial charge in [-0.1, -0.05) is 11.6 Å². The van der Waals surface area contributed by atoms with Crippen molar-refractivity contribution in [2.45, 2.75) is 40.3 Å². The molecule has 2 heterocycles. The van der Waals surface area contributed by atoms with Crippen LogP contribution in [0.5, 0.6) is 0 Å². The third kappa shape index (κ3) is 2.71. The second-order valence-corrected chi connectivity index (χ2v) is 7.44. The Balaban J connectivity index is 2.02. The lowest BCUT2D eigenvalue weighted by molar-refractivity contribution is 0.617. The van der Waals surface area contributed by atoms with E-state index in [1.54, 1.807) is 0 Å². The molecule has 3 aromatic rings. The minimum absolute atomic E-state index is 0.389. The number of hydrogen-bond acceptors (Lipinski definition) is 4. The molecule has 0 fully saturated rings. The highest BCUT2D eigenvalue weighted by Gasteiger charge is 2.14. The van der Waals surface area contributed by atoms with E-state index >= 15 is 0 Å². The van der Waals surface area contributed by atoms with E-state index in [1.165, 1.54) is 28.0 Å². The zero-order valence-corrected chi connectivity index (χ0v) is 14.7. The number of thiazole rings is 1. The molecule has 116 valence electrons. The van der Waals surface area contributed by atoms with Gasteiger partial charge in [0.05, 0.1) is 24.1 Å². The van der Waals surface area contributed by atoms with E-state index in [-0.39, 0.29) is 0 Å². The Kier molecular flexibility index (Phi) is 4.10. The van der Waals surface area contributed by atoms with Crippen LogP contribution in [-0.2, 0) is 6.54 Å². The van der Waals surface area contributed by atoms with Crippen LogP contribution in [-0.4, -0.2) is 14.5 Å². The van der Waals surface area contributed by atoms with Gasteiger partial charge in [0.25, 0.3) is 0 Å². The molecule has 3 rings (SSSR count). The van der Waals surface area contributed by atoms with Crippen molar-refractivity contribution in [2.75, 3.05) is 5.32 Å². The maximum atomic E-state index is 5.90. The van der Waals surface area contributed by atoms with Gasteiger partial charge in [-0.15, -0.1) is 11.3 Å². The predicted molar refractivity (Wildman–Crippen MR) is 94.0 cm³/mol. The summed E-state index contributed by atoms with van der Waals surface area (Å²) in [4.78, 5) is 9.82. The smallest absolute Gasteiger partial charge is 0.183 e. The topological polar surface area (TPSA) is 42.7 Å². The largest absolute Gasteiger partial charge is 0.378 e. The molecule has 0 spiro atoms. The standard InChI is InChI=1S/C16H19ClN4S/c1-9(2)21-8-20-15-13(21)5-10(3)11(4)14(15)18-6-12-7-19-16(17)22-12/h5,7-9,18H,6H2,1-4H3. The highest BCUT2D eigenvalue weighted by atomic mass is 35.5. The first-order valence-corrected chi connectivity index (χ1v) is 8.47. The van der Waals surface area contributed by atoms with Crippen molar-refractivity contribution in [2.24, 2.45) is 0 Å². The van der Waals surface area contributed by atoms with Crippen LogP contribution in [0.3, 0.4) is 0 Å². The summed E-state index contributed by atoms with van der Waals surface area (Å²) in [7, 11) is 0. The van der Waals surface area contributed by atoms with Gasteiger partial charge in [0, 0.05) is 17.1 Å². The molecule has 0 saturated carbocycles. The van der Waals surface area contributed by atoms with Crippen molar-refractivity contribution in [3.8, 4) is 0 Å². The fourth-order valence-corrected chi connectivity index (χ4v) is 3.48. The zero-order chi connectivity index (χ0) is 15.9. The molecule has 22 heavy (non-hydrogen) atoms. The molecule has 1 N–H and O–H groups in total. The lowest BCUT2D eigenvalue weighted by Crippen LogP contribution is -2.03. The zero-order valence-electron chi connectivity index (χ0n) is 13.1. The third-order valence-corrected chi connectivity index (χ3v) is 5.02.